The molecule has 1 heterocycles. The molecule has 2 rings (SSSR count). The maximum absolute atomic E-state index is 11.7. The predicted molar refractivity (Wildman–Crippen MR) is 83.3 cm³/mol. The van der Waals surface area contributed by atoms with Gasteiger partial charge in [0.25, 0.3) is 0 Å². The Kier molecular flexibility index (Phi) is 4.85. The van der Waals surface area contributed by atoms with E-state index in [9.17, 15) is 9.59 Å². The third kappa shape index (κ3) is 3.30. The van der Waals surface area contributed by atoms with Gasteiger partial charge in [-0.05, 0) is 44.4 Å². The molecule has 2 aromatic rings. The second kappa shape index (κ2) is 6.64. The van der Waals surface area contributed by atoms with E-state index >= 15 is 0 Å². The quantitative estimate of drug-likeness (QED) is 0.627. The van der Waals surface area contributed by atoms with Crippen LogP contribution in [0.25, 0.3) is 11.0 Å². The normalized spacial score (nSPS) is 12.2. The summed E-state index contributed by atoms with van der Waals surface area (Å²) in [5.41, 5.74) is 1.85. The van der Waals surface area contributed by atoms with Crippen LogP contribution in [0.2, 0.25) is 0 Å². The molecule has 0 radical (unpaired) electrons. The molecule has 1 unspecified atom stereocenters. The summed E-state index contributed by atoms with van der Waals surface area (Å²) in [6.07, 6.45) is 0.0126. The highest BCUT2D eigenvalue weighted by molar-refractivity contribution is 5.83. The molecule has 0 saturated heterocycles. The summed E-state index contributed by atoms with van der Waals surface area (Å²) < 4.78 is 15.9. The minimum Gasteiger partial charge on any atom is -0.479 e. The Hall–Kier alpha value is -2.30. The second-order valence-electron chi connectivity index (χ2n) is 5.07. The summed E-state index contributed by atoms with van der Waals surface area (Å²) in [4.78, 5) is 23.2. The molecule has 0 aliphatic rings. The molecule has 0 aliphatic heterocycles. The van der Waals surface area contributed by atoms with Crippen LogP contribution in [-0.4, -0.2) is 18.7 Å². The van der Waals surface area contributed by atoms with Crippen molar-refractivity contribution in [2.75, 3.05) is 6.61 Å². The zero-order chi connectivity index (χ0) is 16.3. The van der Waals surface area contributed by atoms with E-state index in [-0.39, 0.29) is 0 Å². The molecule has 1 aromatic carbocycles. The number of benzene rings is 1. The molecule has 0 bridgehead atoms. The third-order valence-electron chi connectivity index (χ3n) is 3.44. The van der Waals surface area contributed by atoms with Gasteiger partial charge in [0.15, 0.2) is 6.10 Å². The Labute approximate surface area is 128 Å². The molecule has 0 aliphatic carbocycles. The van der Waals surface area contributed by atoms with Gasteiger partial charge in [0.1, 0.15) is 11.3 Å². The van der Waals surface area contributed by atoms with Crippen molar-refractivity contribution in [1.29, 1.82) is 0 Å². The van der Waals surface area contributed by atoms with Crippen LogP contribution in [0.4, 0.5) is 0 Å². The summed E-state index contributed by atoms with van der Waals surface area (Å²) in [6, 6.07) is 5.06. The lowest BCUT2D eigenvalue weighted by Gasteiger charge is -2.16. The lowest BCUT2D eigenvalue weighted by Crippen LogP contribution is -2.26. The highest BCUT2D eigenvalue weighted by atomic mass is 16.6. The zero-order valence-electron chi connectivity index (χ0n) is 13.3. The van der Waals surface area contributed by atoms with Gasteiger partial charge in [-0.1, -0.05) is 6.92 Å². The van der Waals surface area contributed by atoms with E-state index in [1.54, 1.807) is 19.9 Å². The monoisotopic (exact) mass is 304 g/mol. The summed E-state index contributed by atoms with van der Waals surface area (Å²) >= 11 is 0. The molecule has 0 fully saturated rings. The number of esters is 1. The molecular formula is C17H20O5. The van der Waals surface area contributed by atoms with Gasteiger partial charge in [-0.2, -0.15) is 0 Å². The summed E-state index contributed by atoms with van der Waals surface area (Å²) in [5.74, 6) is 0.111. The molecule has 22 heavy (non-hydrogen) atoms. The molecule has 118 valence electrons. The van der Waals surface area contributed by atoms with Crippen molar-refractivity contribution in [3.63, 3.8) is 0 Å². The van der Waals surface area contributed by atoms with E-state index in [0.29, 0.717) is 17.9 Å². The van der Waals surface area contributed by atoms with Crippen molar-refractivity contribution >= 4 is 16.9 Å². The van der Waals surface area contributed by atoms with Gasteiger partial charge in [0.2, 0.25) is 0 Å². The minimum absolute atomic E-state index is 0.305. The highest BCUT2D eigenvalue weighted by Gasteiger charge is 2.18. The van der Waals surface area contributed by atoms with E-state index in [1.165, 1.54) is 6.07 Å². The van der Waals surface area contributed by atoms with Gasteiger partial charge in [0.05, 0.1) is 6.61 Å². The van der Waals surface area contributed by atoms with Gasteiger partial charge in [0, 0.05) is 17.5 Å². The van der Waals surface area contributed by atoms with Gasteiger partial charge in [-0.25, -0.2) is 9.59 Å². The van der Waals surface area contributed by atoms with E-state index in [0.717, 1.165) is 22.9 Å². The van der Waals surface area contributed by atoms with Crippen molar-refractivity contribution in [1.82, 2.24) is 0 Å². The van der Waals surface area contributed by atoms with Crippen molar-refractivity contribution in [3.05, 3.63) is 39.7 Å². The molecular weight excluding hydrogens is 284 g/mol. The standard InChI is InChI=1S/C17H20O5/c1-5-12-8-13-10(3)7-16(18)22-15(13)9-14(12)21-11(4)17(19)20-6-2/h7-9,11H,5-6H2,1-4H3. The Morgan fingerprint density at radius 2 is 2.00 bits per heavy atom. The topological polar surface area (TPSA) is 65.7 Å². The maximum atomic E-state index is 11.7. The summed E-state index contributed by atoms with van der Waals surface area (Å²) in [7, 11) is 0. The third-order valence-corrected chi connectivity index (χ3v) is 3.44. The van der Waals surface area contributed by atoms with Crippen LogP contribution < -0.4 is 10.4 Å². The zero-order valence-corrected chi connectivity index (χ0v) is 13.3. The van der Waals surface area contributed by atoms with Crippen LogP contribution in [0.3, 0.4) is 0 Å². The number of carbonyl (C=O) groups is 1. The number of fused-ring (bicyclic) bond motifs is 1. The molecule has 0 spiro atoms. The van der Waals surface area contributed by atoms with Crippen molar-refractivity contribution in [2.45, 2.75) is 40.2 Å². The van der Waals surface area contributed by atoms with Crippen LogP contribution in [0, 0.1) is 6.92 Å². The predicted octanol–water partition coefficient (Wildman–Crippen LogP) is 2.99. The maximum Gasteiger partial charge on any atom is 0.347 e. The SMILES string of the molecule is CCOC(=O)C(C)Oc1cc2oc(=O)cc(C)c2cc1CC. The molecule has 1 atom stereocenters. The largest absolute Gasteiger partial charge is 0.479 e. The van der Waals surface area contributed by atoms with E-state index in [4.69, 9.17) is 13.9 Å². The number of rotatable bonds is 5. The lowest BCUT2D eigenvalue weighted by atomic mass is 10.1. The van der Waals surface area contributed by atoms with Crippen LogP contribution in [-0.2, 0) is 16.0 Å². The van der Waals surface area contributed by atoms with Crippen molar-refractivity contribution in [3.8, 4) is 5.75 Å². The fourth-order valence-electron chi connectivity index (χ4n) is 2.28. The number of ether oxygens (including phenoxy) is 2. The minimum atomic E-state index is -0.723. The first-order valence-corrected chi connectivity index (χ1v) is 7.36. The van der Waals surface area contributed by atoms with Crippen molar-refractivity contribution in [2.24, 2.45) is 0 Å². The fraction of sp³-hybridized carbons (Fsp3) is 0.412. The number of hydrogen-bond donors (Lipinski definition) is 0. The Morgan fingerprint density at radius 1 is 1.27 bits per heavy atom. The van der Waals surface area contributed by atoms with Crippen LogP contribution >= 0.6 is 0 Å². The molecule has 5 heteroatoms. The Bertz CT molecular complexity index is 745. The highest BCUT2D eigenvalue weighted by Crippen LogP contribution is 2.28. The van der Waals surface area contributed by atoms with Crippen LogP contribution in [0.1, 0.15) is 31.9 Å². The summed E-state index contributed by atoms with van der Waals surface area (Å²) in [6.45, 7) is 7.54. The first-order chi connectivity index (χ1) is 10.5. The fourth-order valence-corrected chi connectivity index (χ4v) is 2.28. The average molecular weight is 304 g/mol. The first kappa shape index (κ1) is 16.1. The summed E-state index contributed by atoms with van der Waals surface area (Å²) in [5, 5.41) is 0.868. The lowest BCUT2D eigenvalue weighted by molar-refractivity contribution is -0.150. The van der Waals surface area contributed by atoms with Gasteiger partial charge in [-0.15, -0.1) is 0 Å². The van der Waals surface area contributed by atoms with Crippen LogP contribution in [0.5, 0.6) is 5.75 Å². The van der Waals surface area contributed by atoms with Gasteiger partial charge in [-0.3, -0.25) is 0 Å². The number of carbonyl (C=O) groups excluding carboxylic acids is 1. The average Bonchev–Trinajstić information content (AvgIpc) is 2.46. The van der Waals surface area contributed by atoms with Crippen molar-refractivity contribution < 1.29 is 18.7 Å². The molecule has 0 N–H and O–H groups in total. The smallest absolute Gasteiger partial charge is 0.347 e. The Balaban J connectivity index is 2.44. The van der Waals surface area contributed by atoms with Gasteiger partial charge >= 0.3 is 11.6 Å². The molecule has 0 saturated carbocycles. The second-order valence-corrected chi connectivity index (χ2v) is 5.07. The van der Waals surface area contributed by atoms with E-state index < -0.39 is 17.7 Å². The number of aryl methyl sites for hydroxylation is 2. The van der Waals surface area contributed by atoms with Crippen LogP contribution in [0.15, 0.2) is 27.4 Å². The molecule has 0 amide bonds. The van der Waals surface area contributed by atoms with E-state index in [2.05, 4.69) is 0 Å². The molecule has 1 aromatic heterocycles. The van der Waals surface area contributed by atoms with Gasteiger partial charge < -0.3 is 13.9 Å². The number of hydrogen-bond acceptors (Lipinski definition) is 5. The molecule has 5 nitrogen and oxygen atoms in total. The van der Waals surface area contributed by atoms with E-state index in [1.807, 2.05) is 19.9 Å². The Morgan fingerprint density at radius 3 is 2.64 bits per heavy atom. The first-order valence-electron chi connectivity index (χ1n) is 7.36.